The Hall–Kier alpha value is -0.610. The van der Waals surface area contributed by atoms with Crippen molar-refractivity contribution in [2.75, 3.05) is 32.8 Å². The zero-order valence-electron chi connectivity index (χ0n) is 10.2. The first kappa shape index (κ1) is 13.5. The van der Waals surface area contributed by atoms with Gasteiger partial charge < -0.3 is 14.7 Å². The van der Waals surface area contributed by atoms with Crippen LogP contribution in [0.25, 0.3) is 0 Å². The molecule has 0 unspecified atom stereocenters. The second kappa shape index (κ2) is 7.63. The van der Waals surface area contributed by atoms with Gasteiger partial charge in [-0.3, -0.25) is 4.79 Å². The highest BCUT2D eigenvalue weighted by Gasteiger charge is 2.20. The molecule has 0 aromatic heterocycles. The summed E-state index contributed by atoms with van der Waals surface area (Å²) in [6, 6.07) is 0. The minimum atomic E-state index is -0.662. The molecule has 1 heterocycles. The van der Waals surface area contributed by atoms with E-state index in [0.29, 0.717) is 12.3 Å². The van der Waals surface area contributed by atoms with Gasteiger partial charge >= 0.3 is 5.97 Å². The summed E-state index contributed by atoms with van der Waals surface area (Å²) in [5.41, 5.74) is 0. The fraction of sp³-hybridized carbons (Fsp3) is 0.917. The highest BCUT2D eigenvalue weighted by Crippen LogP contribution is 2.19. The van der Waals surface area contributed by atoms with Gasteiger partial charge in [-0.25, -0.2) is 0 Å². The van der Waals surface area contributed by atoms with E-state index in [1.165, 1.54) is 0 Å². The summed E-state index contributed by atoms with van der Waals surface area (Å²) in [6.07, 6.45) is 3.43. The lowest BCUT2D eigenvalue weighted by Crippen LogP contribution is -2.36. The Bertz CT molecular complexity index is 200. The molecule has 0 aromatic rings. The molecular weight excluding hydrogens is 206 g/mol. The molecule has 0 spiro atoms. The Morgan fingerprint density at radius 3 is 2.62 bits per heavy atom. The monoisotopic (exact) mass is 229 g/mol. The number of ether oxygens (including phenoxy) is 1. The second-order valence-corrected chi connectivity index (χ2v) is 4.50. The van der Waals surface area contributed by atoms with E-state index in [0.717, 1.165) is 52.1 Å². The van der Waals surface area contributed by atoms with Crippen LogP contribution in [0.1, 0.15) is 32.6 Å². The number of aliphatic carboxylic acids is 1. The Morgan fingerprint density at radius 1 is 1.38 bits per heavy atom. The molecule has 0 radical (unpaired) electrons. The Labute approximate surface area is 97.6 Å². The molecule has 1 fully saturated rings. The maximum atomic E-state index is 10.6. The number of hydrogen-bond acceptors (Lipinski definition) is 3. The van der Waals surface area contributed by atoms with Gasteiger partial charge in [-0.1, -0.05) is 6.92 Å². The van der Waals surface area contributed by atoms with Crippen LogP contribution in [0, 0.1) is 5.92 Å². The molecule has 0 atom stereocenters. The first-order chi connectivity index (χ1) is 7.72. The fourth-order valence-corrected chi connectivity index (χ4v) is 2.10. The van der Waals surface area contributed by atoms with E-state index >= 15 is 0 Å². The highest BCUT2D eigenvalue weighted by atomic mass is 16.5. The Morgan fingerprint density at radius 2 is 2.06 bits per heavy atom. The molecule has 0 aliphatic carbocycles. The van der Waals surface area contributed by atoms with Gasteiger partial charge in [0.25, 0.3) is 0 Å². The van der Waals surface area contributed by atoms with Crippen molar-refractivity contribution in [1.82, 2.24) is 4.90 Å². The van der Waals surface area contributed by atoms with Crippen molar-refractivity contribution in [3.05, 3.63) is 0 Å². The van der Waals surface area contributed by atoms with Crippen molar-refractivity contribution in [1.29, 1.82) is 0 Å². The molecular formula is C12H23NO3. The van der Waals surface area contributed by atoms with Crippen LogP contribution in [0.4, 0.5) is 0 Å². The third-order valence-electron chi connectivity index (χ3n) is 3.07. The van der Waals surface area contributed by atoms with Gasteiger partial charge in [-0.15, -0.1) is 0 Å². The van der Waals surface area contributed by atoms with Crippen LogP contribution in [-0.4, -0.2) is 48.8 Å². The van der Waals surface area contributed by atoms with Gasteiger partial charge in [0.2, 0.25) is 0 Å². The van der Waals surface area contributed by atoms with Crippen molar-refractivity contribution in [2.45, 2.75) is 32.6 Å². The molecule has 16 heavy (non-hydrogen) atoms. The average molecular weight is 229 g/mol. The predicted molar refractivity (Wildman–Crippen MR) is 62.5 cm³/mol. The molecule has 4 nitrogen and oxygen atoms in total. The van der Waals surface area contributed by atoms with Crippen molar-refractivity contribution in [2.24, 2.45) is 5.92 Å². The smallest absolute Gasteiger partial charge is 0.303 e. The number of rotatable bonds is 7. The van der Waals surface area contributed by atoms with Gasteiger partial charge in [0.1, 0.15) is 0 Å². The minimum Gasteiger partial charge on any atom is -0.481 e. The van der Waals surface area contributed by atoms with Crippen molar-refractivity contribution < 1.29 is 14.6 Å². The Kier molecular flexibility index (Phi) is 6.42. The lowest BCUT2D eigenvalue weighted by atomic mass is 9.94. The predicted octanol–water partition coefficient (Wildman–Crippen LogP) is 1.60. The molecule has 0 bridgehead atoms. The summed E-state index contributed by atoms with van der Waals surface area (Å²) >= 11 is 0. The fourth-order valence-electron chi connectivity index (χ4n) is 2.10. The lowest BCUT2D eigenvalue weighted by Gasteiger charge is -2.31. The van der Waals surface area contributed by atoms with Crippen LogP contribution in [0.5, 0.6) is 0 Å². The lowest BCUT2D eigenvalue weighted by molar-refractivity contribution is -0.138. The van der Waals surface area contributed by atoms with Gasteiger partial charge in [0.15, 0.2) is 0 Å². The van der Waals surface area contributed by atoms with E-state index in [2.05, 4.69) is 11.8 Å². The SMILES string of the molecule is CCCOCCN1CCC(CC(=O)O)CC1. The number of likely N-dealkylation sites (tertiary alicyclic amines) is 1. The van der Waals surface area contributed by atoms with Crippen LogP contribution in [0.2, 0.25) is 0 Å². The maximum Gasteiger partial charge on any atom is 0.303 e. The number of carboxylic acid groups (broad SMARTS) is 1. The zero-order chi connectivity index (χ0) is 11.8. The van der Waals surface area contributed by atoms with Gasteiger partial charge in [-0.2, -0.15) is 0 Å². The van der Waals surface area contributed by atoms with Crippen molar-refractivity contribution in [3.63, 3.8) is 0 Å². The van der Waals surface area contributed by atoms with Crippen LogP contribution in [-0.2, 0) is 9.53 Å². The normalized spacial score (nSPS) is 18.8. The van der Waals surface area contributed by atoms with E-state index in [-0.39, 0.29) is 0 Å². The number of nitrogens with zero attached hydrogens (tertiary/aromatic N) is 1. The molecule has 94 valence electrons. The first-order valence-corrected chi connectivity index (χ1v) is 6.24. The molecule has 0 saturated carbocycles. The summed E-state index contributed by atoms with van der Waals surface area (Å²) < 4.78 is 5.44. The van der Waals surface area contributed by atoms with Crippen LogP contribution in [0.15, 0.2) is 0 Å². The quantitative estimate of drug-likeness (QED) is 0.674. The average Bonchev–Trinajstić information content (AvgIpc) is 2.26. The standard InChI is InChI=1S/C12H23NO3/c1-2-8-16-9-7-13-5-3-11(4-6-13)10-12(14)15/h11H,2-10H2,1H3,(H,14,15). The van der Waals surface area contributed by atoms with Crippen LogP contribution in [0.3, 0.4) is 0 Å². The van der Waals surface area contributed by atoms with E-state index in [4.69, 9.17) is 9.84 Å². The molecule has 0 amide bonds. The van der Waals surface area contributed by atoms with Gasteiger partial charge in [0.05, 0.1) is 6.61 Å². The summed E-state index contributed by atoms with van der Waals surface area (Å²) in [7, 11) is 0. The zero-order valence-corrected chi connectivity index (χ0v) is 10.2. The third-order valence-corrected chi connectivity index (χ3v) is 3.07. The summed E-state index contributed by atoms with van der Waals surface area (Å²) in [6.45, 7) is 6.78. The highest BCUT2D eigenvalue weighted by molar-refractivity contribution is 5.67. The molecule has 4 heteroatoms. The summed E-state index contributed by atoms with van der Waals surface area (Å²) in [5.74, 6) is -0.282. The molecule has 1 N–H and O–H groups in total. The van der Waals surface area contributed by atoms with E-state index in [9.17, 15) is 4.79 Å². The molecule has 1 rings (SSSR count). The summed E-state index contributed by atoms with van der Waals surface area (Å²) in [4.78, 5) is 12.9. The maximum absolute atomic E-state index is 10.6. The molecule has 1 aliphatic heterocycles. The van der Waals surface area contributed by atoms with E-state index in [1.807, 2.05) is 0 Å². The largest absolute Gasteiger partial charge is 0.481 e. The minimum absolute atomic E-state index is 0.334. The molecule has 1 aliphatic rings. The second-order valence-electron chi connectivity index (χ2n) is 4.50. The first-order valence-electron chi connectivity index (χ1n) is 6.24. The van der Waals surface area contributed by atoms with Crippen LogP contribution >= 0.6 is 0 Å². The molecule has 0 aromatic carbocycles. The Balaban J connectivity index is 2.05. The number of carboxylic acids is 1. The number of carbonyl (C=O) groups is 1. The van der Waals surface area contributed by atoms with Crippen LogP contribution < -0.4 is 0 Å². The van der Waals surface area contributed by atoms with E-state index < -0.39 is 5.97 Å². The molecule has 1 saturated heterocycles. The third kappa shape index (κ3) is 5.47. The number of piperidine rings is 1. The van der Waals surface area contributed by atoms with E-state index in [1.54, 1.807) is 0 Å². The van der Waals surface area contributed by atoms with Gasteiger partial charge in [-0.05, 0) is 38.3 Å². The van der Waals surface area contributed by atoms with Gasteiger partial charge in [0, 0.05) is 19.6 Å². The topological polar surface area (TPSA) is 49.8 Å². The number of hydrogen-bond donors (Lipinski definition) is 1. The van der Waals surface area contributed by atoms with Crippen molar-refractivity contribution in [3.8, 4) is 0 Å². The van der Waals surface area contributed by atoms with Crippen molar-refractivity contribution >= 4 is 5.97 Å². The summed E-state index contributed by atoms with van der Waals surface area (Å²) in [5, 5.41) is 8.70.